The average Bonchev–Trinajstić information content (AvgIpc) is 3.15. The van der Waals surface area contributed by atoms with Crippen LogP contribution in [0.15, 0.2) is 48.1 Å². The molecule has 3 aromatic rings. The van der Waals surface area contributed by atoms with Crippen LogP contribution in [0, 0.1) is 5.82 Å². The predicted octanol–water partition coefficient (Wildman–Crippen LogP) is 2.18. The number of imidazole rings is 1. The number of thioether (sulfide) groups is 1. The number of aromatic nitrogens is 6. The number of nitrogens with zero attached hydrogens (tertiary/aromatic N) is 6. The molecule has 0 aliphatic carbocycles. The van der Waals surface area contributed by atoms with Crippen molar-refractivity contribution < 1.29 is 4.39 Å². The van der Waals surface area contributed by atoms with Crippen LogP contribution >= 0.6 is 11.8 Å². The highest BCUT2D eigenvalue weighted by Crippen LogP contribution is 2.19. The zero-order valence-corrected chi connectivity index (χ0v) is 11.9. The van der Waals surface area contributed by atoms with Crippen LogP contribution < -0.4 is 0 Å². The van der Waals surface area contributed by atoms with Gasteiger partial charge in [0.15, 0.2) is 0 Å². The van der Waals surface area contributed by atoms with Crippen LogP contribution in [-0.4, -0.2) is 35.5 Å². The molecule has 0 spiro atoms. The Balaban J connectivity index is 1.60. The standard InChI is InChI=1S/C13H13FN6S/c14-11-3-1-4-12(9-11)20-13(16-17-18-20)21-8-2-6-19-7-5-15-10-19/h1,3-5,7,9-10H,2,6,8H2. The summed E-state index contributed by atoms with van der Waals surface area (Å²) in [6, 6.07) is 6.21. The first kappa shape index (κ1) is 13.7. The number of tetrazole rings is 1. The maximum Gasteiger partial charge on any atom is 0.214 e. The van der Waals surface area contributed by atoms with Gasteiger partial charge in [-0.05, 0) is 35.0 Å². The van der Waals surface area contributed by atoms with E-state index in [-0.39, 0.29) is 5.82 Å². The van der Waals surface area contributed by atoms with Gasteiger partial charge in [0.2, 0.25) is 5.16 Å². The van der Waals surface area contributed by atoms with E-state index in [1.165, 1.54) is 12.1 Å². The number of benzene rings is 1. The summed E-state index contributed by atoms with van der Waals surface area (Å²) in [5, 5.41) is 12.2. The molecule has 0 saturated carbocycles. The van der Waals surface area contributed by atoms with Gasteiger partial charge in [-0.2, -0.15) is 4.68 Å². The molecule has 2 heterocycles. The first-order valence-electron chi connectivity index (χ1n) is 6.46. The molecule has 0 radical (unpaired) electrons. The fourth-order valence-corrected chi connectivity index (χ4v) is 2.68. The van der Waals surface area contributed by atoms with E-state index in [4.69, 9.17) is 0 Å². The highest BCUT2D eigenvalue weighted by molar-refractivity contribution is 7.99. The monoisotopic (exact) mass is 304 g/mol. The minimum absolute atomic E-state index is 0.306. The van der Waals surface area contributed by atoms with Crippen molar-refractivity contribution in [2.45, 2.75) is 18.1 Å². The first-order valence-corrected chi connectivity index (χ1v) is 7.44. The van der Waals surface area contributed by atoms with Crippen molar-refractivity contribution in [2.75, 3.05) is 5.75 Å². The minimum atomic E-state index is -0.306. The van der Waals surface area contributed by atoms with E-state index >= 15 is 0 Å². The number of aryl methyl sites for hydroxylation is 1. The van der Waals surface area contributed by atoms with E-state index in [0.717, 1.165) is 18.7 Å². The molecular formula is C13H13FN6S. The lowest BCUT2D eigenvalue weighted by atomic mass is 10.3. The summed E-state index contributed by atoms with van der Waals surface area (Å²) >= 11 is 1.55. The van der Waals surface area contributed by atoms with Gasteiger partial charge in [0.05, 0.1) is 12.0 Å². The molecule has 0 amide bonds. The maximum absolute atomic E-state index is 13.3. The van der Waals surface area contributed by atoms with Gasteiger partial charge in [0.25, 0.3) is 0 Å². The molecule has 0 unspecified atom stereocenters. The van der Waals surface area contributed by atoms with Crippen molar-refractivity contribution in [3.8, 4) is 5.69 Å². The fraction of sp³-hybridized carbons (Fsp3) is 0.231. The van der Waals surface area contributed by atoms with Gasteiger partial charge in [-0.15, -0.1) is 5.10 Å². The third-order valence-corrected chi connectivity index (χ3v) is 3.85. The Kier molecular flexibility index (Phi) is 4.25. The summed E-state index contributed by atoms with van der Waals surface area (Å²) in [5.74, 6) is 0.562. The van der Waals surface area contributed by atoms with Crippen LogP contribution in [0.3, 0.4) is 0 Å². The Hall–Kier alpha value is -2.22. The summed E-state index contributed by atoms with van der Waals surface area (Å²) in [7, 11) is 0. The quantitative estimate of drug-likeness (QED) is 0.516. The van der Waals surface area contributed by atoms with Crippen LogP contribution in [0.1, 0.15) is 6.42 Å². The van der Waals surface area contributed by atoms with E-state index in [1.807, 2.05) is 10.8 Å². The van der Waals surface area contributed by atoms with Crippen LogP contribution in [0.2, 0.25) is 0 Å². The lowest BCUT2D eigenvalue weighted by molar-refractivity contribution is 0.623. The van der Waals surface area contributed by atoms with Gasteiger partial charge in [-0.1, -0.05) is 17.8 Å². The summed E-state index contributed by atoms with van der Waals surface area (Å²) in [5.41, 5.74) is 0.622. The SMILES string of the molecule is Fc1cccc(-n2nnnc2SCCCn2ccnc2)c1. The maximum atomic E-state index is 13.3. The third kappa shape index (κ3) is 3.46. The Morgan fingerprint density at radius 1 is 1.29 bits per heavy atom. The molecule has 21 heavy (non-hydrogen) atoms. The van der Waals surface area contributed by atoms with Crippen molar-refractivity contribution in [1.29, 1.82) is 0 Å². The minimum Gasteiger partial charge on any atom is -0.337 e. The van der Waals surface area contributed by atoms with Crippen LogP contribution in [0.4, 0.5) is 4.39 Å². The second-order valence-electron chi connectivity index (χ2n) is 4.36. The van der Waals surface area contributed by atoms with E-state index in [0.29, 0.717) is 10.8 Å². The molecule has 1 aromatic carbocycles. The topological polar surface area (TPSA) is 61.4 Å². The second kappa shape index (κ2) is 6.49. The summed E-state index contributed by atoms with van der Waals surface area (Å²) in [6.07, 6.45) is 6.46. The molecule has 2 aromatic heterocycles. The predicted molar refractivity (Wildman–Crippen MR) is 76.7 cm³/mol. The third-order valence-electron chi connectivity index (χ3n) is 2.84. The van der Waals surface area contributed by atoms with Crippen molar-refractivity contribution in [1.82, 2.24) is 29.8 Å². The Morgan fingerprint density at radius 3 is 3.05 bits per heavy atom. The zero-order valence-electron chi connectivity index (χ0n) is 11.1. The molecule has 108 valence electrons. The summed E-state index contributed by atoms with van der Waals surface area (Å²) in [6.45, 7) is 0.897. The number of rotatable bonds is 6. The number of halogens is 1. The lowest BCUT2D eigenvalue weighted by Gasteiger charge is -2.04. The lowest BCUT2D eigenvalue weighted by Crippen LogP contribution is -2.01. The van der Waals surface area contributed by atoms with Crippen molar-refractivity contribution in [2.24, 2.45) is 0 Å². The smallest absolute Gasteiger partial charge is 0.214 e. The molecule has 3 rings (SSSR count). The molecule has 0 atom stereocenters. The van der Waals surface area contributed by atoms with Crippen molar-refractivity contribution in [3.05, 3.63) is 48.8 Å². The molecule has 0 N–H and O–H groups in total. The van der Waals surface area contributed by atoms with E-state index < -0.39 is 0 Å². The van der Waals surface area contributed by atoms with Crippen LogP contribution in [-0.2, 0) is 6.54 Å². The molecule has 0 bridgehead atoms. The normalized spacial score (nSPS) is 10.9. The molecular weight excluding hydrogens is 291 g/mol. The van der Waals surface area contributed by atoms with Crippen molar-refractivity contribution in [3.63, 3.8) is 0 Å². The zero-order chi connectivity index (χ0) is 14.5. The summed E-state index contributed by atoms with van der Waals surface area (Å²) < 4.78 is 16.8. The Bertz CT molecular complexity index is 696. The second-order valence-corrected chi connectivity index (χ2v) is 5.42. The Labute approximate surface area is 125 Å². The summed E-state index contributed by atoms with van der Waals surface area (Å²) in [4.78, 5) is 4.00. The van der Waals surface area contributed by atoms with Crippen LogP contribution in [0.5, 0.6) is 0 Å². The van der Waals surface area contributed by atoms with Gasteiger partial charge < -0.3 is 4.57 Å². The molecule has 0 aliphatic heterocycles. The van der Waals surface area contributed by atoms with E-state index in [1.54, 1.807) is 41.1 Å². The average molecular weight is 304 g/mol. The number of hydrogen-bond acceptors (Lipinski definition) is 5. The molecule has 0 saturated heterocycles. The van der Waals surface area contributed by atoms with Crippen LogP contribution in [0.25, 0.3) is 5.69 Å². The molecule has 6 nitrogen and oxygen atoms in total. The van der Waals surface area contributed by atoms with Crippen molar-refractivity contribution >= 4 is 11.8 Å². The largest absolute Gasteiger partial charge is 0.337 e. The van der Waals surface area contributed by atoms with E-state index in [2.05, 4.69) is 20.5 Å². The first-order chi connectivity index (χ1) is 10.3. The van der Waals surface area contributed by atoms with Gasteiger partial charge in [-0.25, -0.2) is 9.37 Å². The van der Waals surface area contributed by atoms with Gasteiger partial charge in [0, 0.05) is 24.7 Å². The van der Waals surface area contributed by atoms with Gasteiger partial charge in [0.1, 0.15) is 5.82 Å². The molecule has 0 aliphatic rings. The fourth-order valence-electron chi connectivity index (χ4n) is 1.87. The molecule has 0 fully saturated rings. The molecule has 8 heteroatoms. The Morgan fingerprint density at radius 2 is 2.24 bits per heavy atom. The van der Waals surface area contributed by atoms with Gasteiger partial charge in [-0.3, -0.25) is 0 Å². The highest BCUT2D eigenvalue weighted by Gasteiger charge is 2.09. The number of hydrogen-bond donors (Lipinski definition) is 0. The van der Waals surface area contributed by atoms with Gasteiger partial charge >= 0.3 is 0 Å². The van der Waals surface area contributed by atoms with E-state index in [9.17, 15) is 4.39 Å². The highest BCUT2D eigenvalue weighted by atomic mass is 32.2.